The molecule has 7 nitrogen and oxygen atoms in total. The lowest BCUT2D eigenvalue weighted by atomic mass is 10.1. The first-order valence-corrected chi connectivity index (χ1v) is 11.4. The Morgan fingerprint density at radius 1 is 0.938 bits per heavy atom. The van der Waals surface area contributed by atoms with Crippen LogP contribution in [0.15, 0.2) is 71.6 Å². The second-order valence-corrected chi connectivity index (χ2v) is 9.09. The number of carbonyl (C=O) groups is 1. The van der Waals surface area contributed by atoms with Crippen molar-refractivity contribution in [3.63, 3.8) is 0 Å². The molecule has 0 atom stereocenters. The lowest BCUT2D eigenvalue weighted by Crippen LogP contribution is -2.38. The van der Waals surface area contributed by atoms with Crippen LogP contribution < -0.4 is 19.1 Å². The molecular weight excluding hydrogens is 428 g/mol. The number of rotatable bonds is 8. The lowest BCUT2D eigenvalue weighted by Gasteiger charge is -2.25. The highest BCUT2D eigenvalue weighted by atomic mass is 32.2. The molecule has 3 rings (SSSR count). The molecule has 0 aliphatic carbocycles. The van der Waals surface area contributed by atoms with E-state index in [0.717, 1.165) is 15.4 Å². The number of hydrogen-bond acceptors (Lipinski definition) is 5. The van der Waals surface area contributed by atoms with Gasteiger partial charge in [-0.2, -0.15) is 0 Å². The van der Waals surface area contributed by atoms with Crippen LogP contribution in [0.3, 0.4) is 0 Å². The molecule has 0 heterocycles. The molecule has 1 N–H and O–H groups in total. The van der Waals surface area contributed by atoms with E-state index in [1.807, 2.05) is 26.0 Å². The minimum Gasteiger partial charge on any atom is -0.497 e. The number of aryl methyl sites for hydroxylation is 2. The zero-order valence-electron chi connectivity index (χ0n) is 18.5. The first kappa shape index (κ1) is 23.1. The Kier molecular flexibility index (Phi) is 7.05. The standard InChI is InChI=1S/C24H26N2O5S/c1-17-9-14-21(18(2)15-17)25-24(27)16-26(22-7-5-6-8-23(22)31-4)32(28,29)20-12-10-19(30-3)11-13-20/h5-15H,16H2,1-4H3,(H,25,27). The van der Waals surface area contributed by atoms with Crippen LogP contribution in [0.4, 0.5) is 11.4 Å². The number of methoxy groups -OCH3 is 2. The molecule has 0 saturated heterocycles. The van der Waals surface area contributed by atoms with Crippen molar-refractivity contribution in [1.82, 2.24) is 0 Å². The number of anilines is 2. The Balaban J connectivity index is 1.99. The van der Waals surface area contributed by atoms with Crippen LogP contribution in [0, 0.1) is 13.8 Å². The predicted octanol–water partition coefficient (Wildman–Crippen LogP) is 4.15. The van der Waals surface area contributed by atoms with Gasteiger partial charge in [0.25, 0.3) is 10.0 Å². The van der Waals surface area contributed by atoms with Gasteiger partial charge in [0.05, 0.1) is 24.8 Å². The number of amides is 1. The summed E-state index contributed by atoms with van der Waals surface area (Å²) >= 11 is 0. The summed E-state index contributed by atoms with van der Waals surface area (Å²) in [5.41, 5.74) is 2.85. The molecule has 0 radical (unpaired) electrons. The van der Waals surface area contributed by atoms with Crippen molar-refractivity contribution >= 4 is 27.3 Å². The van der Waals surface area contributed by atoms with E-state index in [0.29, 0.717) is 17.2 Å². The van der Waals surface area contributed by atoms with Crippen molar-refractivity contribution in [2.75, 3.05) is 30.4 Å². The summed E-state index contributed by atoms with van der Waals surface area (Å²) in [7, 11) is -1.13. The molecule has 32 heavy (non-hydrogen) atoms. The highest BCUT2D eigenvalue weighted by molar-refractivity contribution is 7.92. The van der Waals surface area contributed by atoms with Crippen molar-refractivity contribution in [2.45, 2.75) is 18.7 Å². The molecule has 0 aromatic heterocycles. The van der Waals surface area contributed by atoms with Gasteiger partial charge in [0.2, 0.25) is 5.91 Å². The largest absolute Gasteiger partial charge is 0.497 e. The smallest absolute Gasteiger partial charge is 0.264 e. The van der Waals surface area contributed by atoms with Gasteiger partial charge in [-0.15, -0.1) is 0 Å². The van der Waals surface area contributed by atoms with E-state index >= 15 is 0 Å². The number of hydrogen-bond donors (Lipinski definition) is 1. The fraction of sp³-hybridized carbons (Fsp3) is 0.208. The molecule has 0 unspecified atom stereocenters. The quantitative estimate of drug-likeness (QED) is 0.553. The highest BCUT2D eigenvalue weighted by Gasteiger charge is 2.29. The maximum Gasteiger partial charge on any atom is 0.264 e. The molecule has 0 spiro atoms. The minimum absolute atomic E-state index is 0.0310. The van der Waals surface area contributed by atoms with Crippen LogP contribution in [0.5, 0.6) is 11.5 Å². The number of ether oxygens (including phenoxy) is 2. The highest BCUT2D eigenvalue weighted by Crippen LogP contribution is 2.32. The first-order chi connectivity index (χ1) is 15.3. The summed E-state index contributed by atoms with van der Waals surface area (Å²) in [6.07, 6.45) is 0. The molecule has 8 heteroatoms. The molecule has 0 bridgehead atoms. The van der Waals surface area contributed by atoms with Crippen LogP contribution in [-0.2, 0) is 14.8 Å². The predicted molar refractivity (Wildman–Crippen MR) is 125 cm³/mol. The molecule has 0 saturated carbocycles. The number of nitrogens with zero attached hydrogens (tertiary/aromatic N) is 1. The number of carbonyl (C=O) groups excluding carboxylic acids is 1. The summed E-state index contributed by atoms with van der Waals surface area (Å²) in [5, 5.41) is 2.81. The first-order valence-electron chi connectivity index (χ1n) is 9.93. The fourth-order valence-corrected chi connectivity index (χ4v) is 4.72. The number of sulfonamides is 1. The van der Waals surface area contributed by atoms with Gasteiger partial charge in [0.15, 0.2) is 0 Å². The summed E-state index contributed by atoms with van der Waals surface area (Å²) in [6, 6.07) is 18.3. The van der Waals surface area contributed by atoms with Crippen molar-refractivity contribution in [1.29, 1.82) is 0 Å². The normalized spacial score (nSPS) is 11.0. The van der Waals surface area contributed by atoms with Crippen LogP contribution >= 0.6 is 0 Å². The van der Waals surface area contributed by atoms with Gasteiger partial charge in [-0.05, 0) is 61.9 Å². The van der Waals surface area contributed by atoms with E-state index in [1.165, 1.54) is 26.4 Å². The summed E-state index contributed by atoms with van der Waals surface area (Å²) in [6.45, 7) is 3.42. The van der Waals surface area contributed by atoms with Gasteiger partial charge >= 0.3 is 0 Å². The maximum absolute atomic E-state index is 13.5. The zero-order chi connectivity index (χ0) is 23.3. The molecule has 168 valence electrons. The van der Waals surface area contributed by atoms with Gasteiger partial charge < -0.3 is 14.8 Å². The van der Waals surface area contributed by atoms with Crippen LogP contribution in [0.2, 0.25) is 0 Å². The Morgan fingerprint density at radius 2 is 1.62 bits per heavy atom. The lowest BCUT2D eigenvalue weighted by molar-refractivity contribution is -0.114. The van der Waals surface area contributed by atoms with Crippen LogP contribution in [0.1, 0.15) is 11.1 Å². The van der Waals surface area contributed by atoms with Crippen molar-refractivity contribution < 1.29 is 22.7 Å². The molecule has 3 aromatic carbocycles. The zero-order valence-corrected chi connectivity index (χ0v) is 19.3. The fourth-order valence-electron chi connectivity index (χ4n) is 3.28. The van der Waals surface area contributed by atoms with E-state index in [9.17, 15) is 13.2 Å². The average Bonchev–Trinajstić information content (AvgIpc) is 2.79. The number of benzene rings is 3. The Hall–Kier alpha value is -3.52. The second-order valence-electron chi connectivity index (χ2n) is 7.23. The molecule has 1 amide bonds. The van der Waals surface area contributed by atoms with Crippen molar-refractivity contribution in [3.8, 4) is 11.5 Å². The van der Waals surface area contributed by atoms with Gasteiger partial charge in [-0.1, -0.05) is 29.8 Å². The maximum atomic E-state index is 13.5. The van der Waals surface area contributed by atoms with E-state index in [-0.39, 0.29) is 10.6 Å². The Morgan fingerprint density at radius 3 is 2.25 bits per heavy atom. The Bertz CT molecular complexity index is 1210. The third-order valence-electron chi connectivity index (χ3n) is 4.94. The third kappa shape index (κ3) is 5.03. The van der Waals surface area contributed by atoms with Crippen LogP contribution in [0.25, 0.3) is 0 Å². The molecular formula is C24H26N2O5S. The molecule has 0 aliphatic rings. The number of para-hydroxylation sites is 2. The molecule has 0 fully saturated rings. The van der Waals surface area contributed by atoms with Crippen LogP contribution in [-0.4, -0.2) is 35.1 Å². The van der Waals surface area contributed by atoms with Crippen molar-refractivity contribution in [3.05, 3.63) is 77.9 Å². The summed E-state index contributed by atoms with van der Waals surface area (Å²) in [5.74, 6) is 0.393. The van der Waals surface area contributed by atoms with E-state index in [4.69, 9.17) is 9.47 Å². The van der Waals surface area contributed by atoms with E-state index in [1.54, 1.807) is 42.5 Å². The third-order valence-corrected chi connectivity index (χ3v) is 6.72. The number of nitrogens with one attached hydrogen (secondary N) is 1. The van der Waals surface area contributed by atoms with Gasteiger partial charge in [-0.25, -0.2) is 8.42 Å². The van der Waals surface area contributed by atoms with Gasteiger partial charge in [0, 0.05) is 5.69 Å². The molecule has 0 aliphatic heterocycles. The molecule has 3 aromatic rings. The summed E-state index contributed by atoms with van der Waals surface area (Å²) < 4.78 is 38.6. The van der Waals surface area contributed by atoms with E-state index in [2.05, 4.69) is 5.32 Å². The summed E-state index contributed by atoms with van der Waals surface area (Å²) in [4.78, 5) is 13.0. The SMILES string of the molecule is COc1ccc(S(=O)(=O)N(CC(=O)Nc2ccc(C)cc2C)c2ccccc2OC)cc1. The monoisotopic (exact) mass is 454 g/mol. The average molecular weight is 455 g/mol. The van der Waals surface area contributed by atoms with E-state index < -0.39 is 22.5 Å². The minimum atomic E-state index is -4.08. The van der Waals surface area contributed by atoms with Crippen molar-refractivity contribution in [2.24, 2.45) is 0 Å². The van der Waals surface area contributed by atoms with Gasteiger partial charge in [0.1, 0.15) is 18.0 Å². The topological polar surface area (TPSA) is 84.9 Å². The Labute approximate surface area is 188 Å². The van der Waals surface area contributed by atoms with Gasteiger partial charge in [-0.3, -0.25) is 9.10 Å². The second kappa shape index (κ2) is 9.74.